The van der Waals surface area contributed by atoms with E-state index in [4.69, 9.17) is 4.74 Å². The molecule has 1 N–H and O–H groups in total. The highest BCUT2D eigenvalue weighted by atomic mass is 32.2. The van der Waals surface area contributed by atoms with E-state index in [1.54, 1.807) is 24.8 Å². The Bertz CT molecular complexity index is 1350. The van der Waals surface area contributed by atoms with Crippen molar-refractivity contribution in [3.8, 4) is 17.0 Å². The highest BCUT2D eigenvalue weighted by Gasteiger charge is 2.32. The maximum atomic E-state index is 13.3. The molecule has 1 aromatic carbocycles. The van der Waals surface area contributed by atoms with Crippen LogP contribution in [0, 0.1) is 0 Å². The van der Waals surface area contributed by atoms with Gasteiger partial charge in [-0.15, -0.1) is 11.3 Å². The number of rotatable bonds is 5. The van der Waals surface area contributed by atoms with Gasteiger partial charge in [-0.2, -0.15) is 4.36 Å². The number of carbonyl (C=O) groups excluding carboxylic acids is 2. The summed E-state index contributed by atoms with van der Waals surface area (Å²) in [6.07, 6.45) is 4.48. The van der Waals surface area contributed by atoms with Crippen LogP contribution in [0.15, 0.2) is 51.2 Å². The van der Waals surface area contributed by atoms with Crippen molar-refractivity contribution in [1.29, 1.82) is 0 Å². The van der Waals surface area contributed by atoms with Gasteiger partial charge in [-0.1, -0.05) is 12.1 Å². The Labute approximate surface area is 183 Å². The summed E-state index contributed by atoms with van der Waals surface area (Å²) >= 11 is 1.20. The SMILES string of the molecule is COc1cc(-c2ccc3c(c2NC(=O)CS2(=O)=NC(=O)c4sccc42)CCC3)ccn1. The molecule has 2 aliphatic rings. The number of thiophene rings is 1. The van der Waals surface area contributed by atoms with Gasteiger partial charge in [0.1, 0.15) is 10.6 Å². The molecule has 0 saturated carbocycles. The van der Waals surface area contributed by atoms with Gasteiger partial charge in [-0.05, 0) is 53.5 Å². The zero-order chi connectivity index (χ0) is 21.6. The molecule has 0 radical (unpaired) electrons. The first-order valence-electron chi connectivity index (χ1n) is 9.80. The number of nitrogens with one attached hydrogen (secondary N) is 1. The molecule has 3 aromatic rings. The summed E-state index contributed by atoms with van der Waals surface area (Å²) in [6, 6.07) is 9.37. The summed E-state index contributed by atoms with van der Waals surface area (Å²) < 4.78 is 22.4. The van der Waals surface area contributed by atoms with E-state index in [2.05, 4.69) is 20.7 Å². The first-order chi connectivity index (χ1) is 15.0. The third kappa shape index (κ3) is 3.43. The van der Waals surface area contributed by atoms with Gasteiger partial charge in [0.2, 0.25) is 11.8 Å². The number of methoxy groups -OCH3 is 1. The third-order valence-electron chi connectivity index (χ3n) is 5.53. The summed E-state index contributed by atoms with van der Waals surface area (Å²) in [5.41, 5.74) is 4.71. The van der Waals surface area contributed by atoms with Crippen molar-refractivity contribution in [2.24, 2.45) is 4.36 Å². The van der Waals surface area contributed by atoms with Crippen LogP contribution >= 0.6 is 11.3 Å². The molecule has 0 spiro atoms. The number of aryl methyl sites for hydroxylation is 1. The number of pyridine rings is 1. The molecule has 158 valence electrons. The van der Waals surface area contributed by atoms with E-state index in [1.807, 2.05) is 18.2 Å². The summed E-state index contributed by atoms with van der Waals surface area (Å²) in [6.45, 7) is 0. The van der Waals surface area contributed by atoms with Crippen molar-refractivity contribution in [3.63, 3.8) is 0 Å². The molecule has 0 fully saturated rings. The average molecular weight is 454 g/mol. The monoisotopic (exact) mass is 453 g/mol. The van der Waals surface area contributed by atoms with Crippen molar-refractivity contribution < 1.29 is 18.5 Å². The molecule has 7 nitrogen and oxygen atoms in total. The summed E-state index contributed by atoms with van der Waals surface area (Å²) in [7, 11) is -1.54. The number of carbonyl (C=O) groups is 2. The molecule has 1 unspecified atom stereocenters. The van der Waals surface area contributed by atoms with Gasteiger partial charge in [0.15, 0.2) is 0 Å². The molecule has 3 heterocycles. The molecule has 9 heteroatoms. The Kier molecular flexibility index (Phi) is 4.86. The Balaban J connectivity index is 1.51. The Morgan fingerprint density at radius 3 is 2.97 bits per heavy atom. The molecule has 0 saturated heterocycles. The number of amides is 2. The topological polar surface area (TPSA) is 97.7 Å². The van der Waals surface area contributed by atoms with Crippen molar-refractivity contribution in [2.45, 2.75) is 24.2 Å². The van der Waals surface area contributed by atoms with Gasteiger partial charge >= 0.3 is 0 Å². The lowest BCUT2D eigenvalue weighted by atomic mass is 9.98. The fraction of sp³-hybridized carbons (Fsp3) is 0.227. The Hall–Kier alpha value is -3.04. The van der Waals surface area contributed by atoms with Crippen molar-refractivity contribution >= 4 is 38.6 Å². The average Bonchev–Trinajstić information content (AvgIpc) is 3.47. The minimum atomic E-state index is -3.10. The maximum Gasteiger partial charge on any atom is 0.296 e. The molecule has 2 amide bonds. The second-order valence-electron chi connectivity index (χ2n) is 7.41. The first kappa shape index (κ1) is 19.9. The molecule has 31 heavy (non-hydrogen) atoms. The van der Waals surface area contributed by atoms with E-state index < -0.39 is 21.5 Å². The van der Waals surface area contributed by atoms with E-state index in [0.29, 0.717) is 21.3 Å². The highest BCUT2D eigenvalue weighted by Crippen LogP contribution is 2.38. The lowest BCUT2D eigenvalue weighted by Crippen LogP contribution is -2.23. The van der Waals surface area contributed by atoms with Crippen LogP contribution in [0.5, 0.6) is 5.88 Å². The van der Waals surface area contributed by atoms with Gasteiger partial charge < -0.3 is 10.1 Å². The number of anilines is 1. The number of fused-ring (bicyclic) bond motifs is 2. The van der Waals surface area contributed by atoms with Gasteiger partial charge in [0.05, 0.1) is 27.4 Å². The second kappa shape index (κ2) is 7.58. The molecule has 5 rings (SSSR count). The fourth-order valence-electron chi connectivity index (χ4n) is 4.13. The largest absolute Gasteiger partial charge is 0.481 e. The minimum Gasteiger partial charge on any atom is -0.481 e. The van der Waals surface area contributed by atoms with E-state index in [9.17, 15) is 13.8 Å². The van der Waals surface area contributed by atoms with E-state index >= 15 is 0 Å². The molecule has 0 bridgehead atoms. The highest BCUT2D eigenvalue weighted by molar-refractivity contribution is 7.95. The summed E-state index contributed by atoms with van der Waals surface area (Å²) in [5.74, 6) is -0.812. The van der Waals surface area contributed by atoms with Crippen LogP contribution in [0.2, 0.25) is 0 Å². The van der Waals surface area contributed by atoms with Crippen LogP contribution in [0.4, 0.5) is 5.69 Å². The minimum absolute atomic E-state index is 0.356. The van der Waals surface area contributed by atoms with Gasteiger partial charge in [0, 0.05) is 17.8 Å². The summed E-state index contributed by atoms with van der Waals surface area (Å²) in [5, 5.41) is 4.69. The van der Waals surface area contributed by atoms with Crippen molar-refractivity contribution in [2.75, 3.05) is 18.2 Å². The predicted molar refractivity (Wildman–Crippen MR) is 119 cm³/mol. The number of aromatic nitrogens is 1. The first-order valence-corrected chi connectivity index (χ1v) is 12.4. The van der Waals surface area contributed by atoms with Crippen LogP contribution in [0.25, 0.3) is 11.1 Å². The number of nitrogens with zero attached hydrogens (tertiary/aromatic N) is 2. The zero-order valence-electron chi connectivity index (χ0n) is 16.7. The third-order valence-corrected chi connectivity index (χ3v) is 8.70. The normalized spacial score (nSPS) is 18.9. The smallest absolute Gasteiger partial charge is 0.296 e. The standard InChI is InChI=1S/C22H19N3O4S2/c1-29-19-11-14(7-9-23-19)16-6-5-13-3-2-4-15(13)20(16)24-18(26)12-31(28)17-8-10-30-21(17)22(27)25-31/h5-11H,2-4,12H2,1H3,(H,24,26). The molecule has 1 aliphatic carbocycles. The second-order valence-corrected chi connectivity index (χ2v) is 10.5. The molecule has 2 aromatic heterocycles. The quantitative estimate of drug-likeness (QED) is 0.631. The Morgan fingerprint density at radius 1 is 1.26 bits per heavy atom. The zero-order valence-corrected chi connectivity index (χ0v) is 18.3. The maximum absolute atomic E-state index is 13.3. The van der Waals surface area contributed by atoms with Crippen LogP contribution in [-0.2, 0) is 27.4 Å². The lowest BCUT2D eigenvalue weighted by molar-refractivity contribution is -0.113. The summed E-state index contributed by atoms with van der Waals surface area (Å²) in [4.78, 5) is 30.0. The molecular weight excluding hydrogens is 434 g/mol. The van der Waals surface area contributed by atoms with E-state index in [-0.39, 0.29) is 5.75 Å². The van der Waals surface area contributed by atoms with Gasteiger partial charge in [-0.3, -0.25) is 9.59 Å². The van der Waals surface area contributed by atoms with Crippen LogP contribution in [-0.4, -0.2) is 33.9 Å². The lowest BCUT2D eigenvalue weighted by Gasteiger charge is -2.17. The number of ether oxygens (including phenoxy) is 1. The van der Waals surface area contributed by atoms with E-state index in [0.717, 1.165) is 36.0 Å². The van der Waals surface area contributed by atoms with Crippen LogP contribution in [0.1, 0.15) is 27.2 Å². The van der Waals surface area contributed by atoms with Crippen molar-refractivity contribution in [1.82, 2.24) is 4.98 Å². The number of hydrogen-bond acceptors (Lipinski definition) is 6. The van der Waals surface area contributed by atoms with Crippen LogP contribution in [0.3, 0.4) is 0 Å². The van der Waals surface area contributed by atoms with Gasteiger partial charge in [0.25, 0.3) is 5.91 Å². The van der Waals surface area contributed by atoms with Crippen molar-refractivity contribution in [3.05, 3.63) is 57.9 Å². The molecular formula is C22H19N3O4S2. The number of hydrogen-bond donors (Lipinski definition) is 1. The Morgan fingerprint density at radius 2 is 2.13 bits per heavy atom. The fourth-order valence-corrected chi connectivity index (χ4v) is 7.24. The number of benzene rings is 1. The van der Waals surface area contributed by atoms with E-state index in [1.165, 1.54) is 16.9 Å². The molecule has 1 atom stereocenters. The molecule has 1 aliphatic heterocycles. The van der Waals surface area contributed by atoms with Gasteiger partial charge in [-0.25, -0.2) is 9.19 Å². The van der Waals surface area contributed by atoms with Crippen LogP contribution < -0.4 is 10.1 Å². The predicted octanol–water partition coefficient (Wildman–Crippen LogP) is 3.93.